The molecule has 1 fully saturated rings. The van der Waals surface area contributed by atoms with E-state index in [0.717, 1.165) is 59.2 Å². The lowest BCUT2D eigenvalue weighted by Gasteiger charge is -2.27. The second-order valence-electron chi connectivity index (χ2n) is 8.08. The van der Waals surface area contributed by atoms with Gasteiger partial charge in [-0.25, -0.2) is 9.37 Å². The van der Waals surface area contributed by atoms with Crippen molar-refractivity contribution in [3.8, 4) is 11.1 Å². The first-order valence-corrected chi connectivity index (χ1v) is 9.79. The molecule has 3 aromatic heterocycles. The zero-order valence-corrected chi connectivity index (χ0v) is 16.5. The van der Waals surface area contributed by atoms with Gasteiger partial charge < -0.3 is 9.30 Å². The van der Waals surface area contributed by atoms with Crippen molar-refractivity contribution in [2.24, 2.45) is 7.05 Å². The quantitative estimate of drug-likeness (QED) is 0.527. The van der Waals surface area contributed by atoms with Gasteiger partial charge in [0.25, 0.3) is 0 Å². The van der Waals surface area contributed by atoms with Crippen LogP contribution >= 0.6 is 0 Å². The normalized spacial score (nSPS) is 16.4. The fraction of sp³-hybridized carbons (Fsp3) is 0.364. The van der Waals surface area contributed by atoms with Gasteiger partial charge in [0.1, 0.15) is 0 Å². The molecule has 4 heterocycles. The minimum atomic E-state index is -0.277. The summed E-state index contributed by atoms with van der Waals surface area (Å²) in [5, 5.41) is 5.56. The number of nitrogens with zero attached hydrogens (tertiary/aromatic N) is 5. The Morgan fingerprint density at radius 3 is 2.57 bits per heavy atom. The lowest BCUT2D eigenvalue weighted by molar-refractivity contribution is 0.253. The van der Waals surface area contributed by atoms with Crippen molar-refractivity contribution < 1.29 is 4.39 Å². The van der Waals surface area contributed by atoms with Crippen molar-refractivity contribution in [3.05, 3.63) is 53.9 Å². The van der Waals surface area contributed by atoms with Crippen molar-refractivity contribution in [2.45, 2.75) is 25.7 Å². The predicted octanol–water partition coefficient (Wildman–Crippen LogP) is 4.14. The van der Waals surface area contributed by atoms with Crippen molar-refractivity contribution in [1.82, 2.24) is 24.1 Å². The molecule has 0 saturated carbocycles. The van der Waals surface area contributed by atoms with Gasteiger partial charge in [-0.15, -0.1) is 0 Å². The highest BCUT2D eigenvalue weighted by Gasteiger charge is 2.22. The highest BCUT2D eigenvalue weighted by atomic mass is 19.1. The minimum Gasteiger partial charge on any atom is -0.306 e. The van der Waals surface area contributed by atoms with Crippen molar-refractivity contribution in [2.75, 3.05) is 20.1 Å². The number of aromatic nitrogens is 4. The lowest BCUT2D eigenvalue weighted by Crippen LogP contribution is -2.29. The van der Waals surface area contributed by atoms with E-state index in [2.05, 4.69) is 34.2 Å². The van der Waals surface area contributed by atoms with Crippen LogP contribution in [0.25, 0.3) is 27.7 Å². The smallest absolute Gasteiger partial charge is 0.173 e. The number of aryl methyl sites for hydroxylation is 2. The molecular weight excluding hydrogens is 353 g/mol. The number of benzene rings is 1. The van der Waals surface area contributed by atoms with Gasteiger partial charge >= 0.3 is 0 Å². The number of rotatable bonds is 2. The van der Waals surface area contributed by atoms with E-state index in [0.29, 0.717) is 11.6 Å². The molecule has 1 aliphatic rings. The Morgan fingerprint density at radius 2 is 1.79 bits per heavy atom. The number of hydrogen-bond donors (Lipinski definition) is 0. The summed E-state index contributed by atoms with van der Waals surface area (Å²) in [6.45, 7) is 4.18. The summed E-state index contributed by atoms with van der Waals surface area (Å²) >= 11 is 0. The number of halogens is 1. The summed E-state index contributed by atoms with van der Waals surface area (Å²) in [6, 6.07) is 5.74. The summed E-state index contributed by atoms with van der Waals surface area (Å²) in [4.78, 5) is 6.96. The molecule has 144 valence electrons. The molecule has 1 saturated heterocycles. The average molecular weight is 377 g/mol. The van der Waals surface area contributed by atoms with Gasteiger partial charge in [-0.1, -0.05) is 0 Å². The Balaban J connectivity index is 1.57. The molecule has 0 unspecified atom stereocenters. The van der Waals surface area contributed by atoms with Crippen LogP contribution in [0.4, 0.5) is 4.39 Å². The molecule has 1 aromatic carbocycles. The molecular formula is C22H24FN5. The molecule has 5 nitrogen and oxygen atoms in total. The maximum Gasteiger partial charge on any atom is 0.173 e. The van der Waals surface area contributed by atoms with E-state index in [1.807, 2.05) is 41.6 Å². The molecule has 0 N–H and O–H groups in total. The second-order valence-corrected chi connectivity index (χ2v) is 8.08. The van der Waals surface area contributed by atoms with Gasteiger partial charge in [0, 0.05) is 42.5 Å². The molecule has 0 radical (unpaired) electrons. The van der Waals surface area contributed by atoms with Crippen LogP contribution in [0.1, 0.15) is 30.0 Å². The van der Waals surface area contributed by atoms with Gasteiger partial charge in [0.15, 0.2) is 11.5 Å². The van der Waals surface area contributed by atoms with Crippen molar-refractivity contribution in [1.29, 1.82) is 0 Å². The fourth-order valence-electron chi connectivity index (χ4n) is 4.33. The van der Waals surface area contributed by atoms with Crippen LogP contribution in [0.5, 0.6) is 0 Å². The third kappa shape index (κ3) is 2.88. The van der Waals surface area contributed by atoms with Gasteiger partial charge in [-0.3, -0.25) is 4.68 Å². The van der Waals surface area contributed by atoms with Crippen LogP contribution in [-0.4, -0.2) is 44.2 Å². The number of likely N-dealkylation sites (tertiary alicyclic amines) is 1. The Kier molecular flexibility index (Phi) is 3.98. The maximum absolute atomic E-state index is 14.9. The van der Waals surface area contributed by atoms with Gasteiger partial charge in [0.2, 0.25) is 0 Å². The van der Waals surface area contributed by atoms with E-state index in [9.17, 15) is 4.39 Å². The average Bonchev–Trinajstić information content (AvgIpc) is 3.26. The molecule has 0 spiro atoms. The van der Waals surface area contributed by atoms with Gasteiger partial charge in [-0.05, 0) is 69.2 Å². The van der Waals surface area contributed by atoms with Gasteiger partial charge in [-0.2, -0.15) is 5.10 Å². The third-order valence-electron chi connectivity index (χ3n) is 5.91. The van der Waals surface area contributed by atoms with Crippen LogP contribution < -0.4 is 0 Å². The van der Waals surface area contributed by atoms with Crippen LogP contribution in [0.3, 0.4) is 0 Å². The Morgan fingerprint density at radius 1 is 1.00 bits per heavy atom. The Bertz CT molecular complexity index is 1180. The molecule has 5 rings (SSSR count). The SMILES string of the molecule is Cc1cc(-c2cc(F)c3nc(C4CCN(C)CC4)cn3c2)cc2cn(C)nc12. The van der Waals surface area contributed by atoms with Crippen LogP contribution in [0.2, 0.25) is 0 Å². The second kappa shape index (κ2) is 6.41. The summed E-state index contributed by atoms with van der Waals surface area (Å²) in [5.74, 6) is 0.133. The summed E-state index contributed by atoms with van der Waals surface area (Å²) in [5.41, 5.74) is 5.34. The van der Waals surface area contributed by atoms with E-state index in [4.69, 9.17) is 0 Å². The largest absolute Gasteiger partial charge is 0.306 e. The first kappa shape index (κ1) is 17.4. The van der Waals surface area contributed by atoms with Crippen molar-refractivity contribution >= 4 is 16.6 Å². The monoisotopic (exact) mass is 377 g/mol. The third-order valence-corrected chi connectivity index (χ3v) is 5.91. The maximum atomic E-state index is 14.9. The van der Waals surface area contributed by atoms with Crippen LogP contribution in [-0.2, 0) is 7.05 Å². The Hall–Kier alpha value is -2.73. The molecule has 6 heteroatoms. The first-order valence-electron chi connectivity index (χ1n) is 9.79. The highest BCUT2D eigenvalue weighted by molar-refractivity contribution is 5.87. The molecule has 28 heavy (non-hydrogen) atoms. The fourth-order valence-corrected chi connectivity index (χ4v) is 4.33. The van der Waals surface area contributed by atoms with Crippen molar-refractivity contribution in [3.63, 3.8) is 0 Å². The van der Waals surface area contributed by atoms with Crippen LogP contribution in [0.15, 0.2) is 36.8 Å². The standard InChI is InChI=1S/C22H24FN5/c1-14-8-16(9-18-11-27(3)25-21(14)18)17-10-19(23)22-24-20(13-28(22)12-17)15-4-6-26(2)7-5-15/h8-13,15H,4-7H2,1-3H3. The summed E-state index contributed by atoms with van der Waals surface area (Å²) < 4.78 is 18.5. The Labute approximate surface area is 163 Å². The summed E-state index contributed by atoms with van der Waals surface area (Å²) in [6.07, 6.45) is 8.14. The van der Waals surface area contributed by atoms with E-state index in [-0.39, 0.29) is 5.82 Å². The zero-order valence-electron chi connectivity index (χ0n) is 16.5. The molecule has 0 atom stereocenters. The predicted molar refractivity (Wildman–Crippen MR) is 109 cm³/mol. The first-order chi connectivity index (χ1) is 13.5. The molecule has 0 aliphatic carbocycles. The molecule has 0 amide bonds. The molecule has 4 aromatic rings. The van der Waals surface area contributed by atoms with Gasteiger partial charge in [0.05, 0.1) is 11.2 Å². The van der Waals surface area contributed by atoms with E-state index in [1.54, 1.807) is 6.07 Å². The number of piperidine rings is 1. The molecule has 1 aliphatic heterocycles. The highest BCUT2D eigenvalue weighted by Crippen LogP contribution is 2.31. The van der Waals surface area contributed by atoms with E-state index < -0.39 is 0 Å². The lowest BCUT2D eigenvalue weighted by atomic mass is 9.94. The summed E-state index contributed by atoms with van der Waals surface area (Å²) in [7, 11) is 4.06. The van der Waals surface area contributed by atoms with E-state index in [1.165, 1.54) is 0 Å². The minimum absolute atomic E-state index is 0.277. The van der Waals surface area contributed by atoms with E-state index >= 15 is 0 Å². The number of fused-ring (bicyclic) bond motifs is 2. The number of hydrogen-bond acceptors (Lipinski definition) is 3. The number of pyridine rings is 1. The topological polar surface area (TPSA) is 38.4 Å². The van der Waals surface area contributed by atoms with Crippen LogP contribution in [0, 0.1) is 12.7 Å². The number of imidazole rings is 1. The zero-order chi connectivity index (χ0) is 19.4. The molecule has 0 bridgehead atoms.